The van der Waals surface area contributed by atoms with E-state index in [9.17, 15) is 0 Å². The number of hydrogen-bond donors (Lipinski definition) is 2. The Morgan fingerprint density at radius 3 is 2.65 bits per heavy atom. The third-order valence-electron chi connectivity index (χ3n) is 3.49. The Labute approximate surface area is 120 Å². The van der Waals surface area contributed by atoms with Crippen LogP contribution in [0.2, 0.25) is 0 Å². The largest absolute Gasteiger partial charge is 0.396 e. The highest BCUT2D eigenvalue weighted by Gasteiger charge is 2.11. The standard InChI is InChI=1S/C17H22N2O/c1-14-7-5-11-18-17(14)13-19-16(10-6-12-20)15-8-3-2-4-9-15/h2-5,7-9,11,16,19-20H,6,10,12-13H2,1H3. The van der Waals surface area contributed by atoms with E-state index in [4.69, 9.17) is 5.11 Å². The molecule has 106 valence electrons. The van der Waals surface area contributed by atoms with Crippen molar-refractivity contribution in [3.8, 4) is 0 Å². The number of aromatic nitrogens is 1. The van der Waals surface area contributed by atoms with E-state index in [0.29, 0.717) is 0 Å². The summed E-state index contributed by atoms with van der Waals surface area (Å²) in [5.41, 5.74) is 3.54. The Hall–Kier alpha value is -1.71. The predicted molar refractivity (Wildman–Crippen MR) is 81.3 cm³/mol. The van der Waals surface area contributed by atoms with Gasteiger partial charge in [-0.15, -0.1) is 0 Å². The van der Waals surface area contributed by atoms with Gasteiger partial charge >= 0.3 is 0 Å². The SMILES string of the molecule is Cc1cccnc1CNC(CCCO)c1ccccc1. The number of aliphatic hydroxyl groups excluding tert-OH is 1. The van der Waals surface area contributed by atoms with E-state index in [1.54, 1.807) is 0 Å². The molecule has 1 heterocycles. The summed E-state index contributed by atoms with van der Waals surface area (Å²) >= 11 is 0. The number of pyridine rings is 1. The molecule has 1 unspecified atom stereocenters. The van der Waals surface area contributed by atoms with Crippen molar-refractivity contribution in [2.75, 3.05) is 6.61 Å². The minimum atomic E-state index is 0.230. The van der Waals surface area contributed by atoms with Crippen LogP contribution in [0.4, 0.5) is 0 Å². The Morgan fingerprint density at radius 2 is 1.95 bits per heavy atom. The van der Waals surface area contributed by atoms with E-state index in [0.717, 1.165) is 25.1 Å². The highest BCUT2D eigenvalue weighted by molar-refractivity contribution is 5.20. The lowest BCUT2D eigenvalue weighted by Gasteiger charge is -2.19. The van der Waals surface area contributed by atoms with E-state index < -0.39 is 0 Å². The van der Waals surface area contributed by atoms with Gasteiger partial charge < -0.3 is 10.4 Å². The molecular formula is C17H22N2O. The molecule has 0 radical (unpaired) electrons. The quantitative estimate of drug-likeness (QED) is 0.813. The molecule has 1 atom stereocenters. The predicted octanol–water partition coefficient (Wildman–Crippen LogP) is 2.99. The topological polar surface area (TPSA) is 45.2 Å². The van der Waals surface area contributed by atoms with Crippen molar-refractivity contribution in [1.29, 1.82) is 0 Å². The van der Waals surface area contributed by atoms with E-state index in [1.165, 1.54) is 11.1 Å². The maximum atomic E-state index is 9.05. The van der Waals surface area contributed by atoms with Crippen molar-refractivity contribution in [3.63, 3.8) is 0 Å². The Bertz CT molecular complexity index is 513. The highest BCUT2D eigenvalue weighted by atomic mass is 16.2. The van der Waals surface area contributed by atoms with Crippen molar-refractivity contribution in [3.05, 3.63) is 65.5 Å². The van der Waals surface area contributed by atoms with Crippen molar-refractivity contribution >= 4 is 0 Å². The second-order valence-electron chi connectivity index (χ2n) is 4.98. The summed E-state index contributed by atoms with van der Waals surface area (Å²) in [5, 5.41) is 12.6. The van der Waals surface area contributed by atoms with Crippen LogP contribution in [0.3, 0.4) is 0 Å². The Kier molecular flexibility index (Phi) is 5.71. The van der Waals surface area contributed by atoms with Crippen LogP contribution in [0.15, 0.2) is 48.7 Å². The number of benzene rings is 1. The average molecular weight is 270 g/mol. The third kappa shape index (κ3) is 4.15. The lowest BCUT2D eigenvalue weighted by atomic mass is 10.0. The molecule has 0 saturated carbocycles. The average Bonchev–Trinajstić information content (AvgIpc) is 2.50. The Morgan fingerprint density at radius 1 is 1.15 bits per heavy atom. The van der Waals surface area contributed by atoms with Crippen LogP contribution in [-0.2, 0) is 6.54 Å². The van der Waals surface area contributed by atoms with Crippen molar-refractivity contribution in [2.24, 2.45) is 0 Å². The van der Waals surface area contributed by atoms with Crippen LogP contribution < -0.4 is 5.32 Å². The molecule has 0 spiro atoms. The van der Waals surface area contributed by atoms with Gasteiger partial charge in [-0.1, -0.05) is 36.4 Å². The van der Waals surface area contributed by atoms with Gasteiger partial charge in [-0.3, -0.25) is 4.98 Å². The molecule has 0 aliphatic heterocycles. The fourth-order valence-corrected chi connectivity index (χ4v) is 2.29. The fourth-order valence-electron chi connectivity index (χ4n) is 2.29. The minimum Gasteiger partial charge on any atom is -0.396 e. The normalized spacial score (nSPS) is 12.3. The molecule has 2 N–H and O–H groups in total. The fraction of sp³-hybridized carbons (Fsp3) is 0.353. The van der Waals surface area contributed by atoms with Crippen LogP contribution in [0.5, 0.6) is 0 Å². The van der Waals surface area contributed by atoms with Gasteiger partial charge in [0.05, 0.1) is 5.69 Å². The molecule has 2 aromatic rings. The molecule has 0 saturated heterocycles. The summed E-state index contributed by atoms with van der Waals surface area (Å²) in [4.78, 5) is 4.41. The van der Waals surface area contributed by atoms with Gasteiger partial charge in [-0.25, -0.2) is 0 Å². The van der Waals surface area contributed by atoms with Crippen molar-refractivity contribution in [1.82, 2.24) is 10.3 Å². The lowest BCUT2D eigenvalue weighted by molar-refractivity contribution is 0.274. The second-order valence-corrected chi connectivity index (χ2v) is 4.98. The van der Waals surface area contributed by atoms with Crippen molar-refractivity contribution < 1.29 is 5.11 Å². The zero-order chi connectivity index (χ0) is 14.2. The number of rotatable bonds is 7. The zero-order valence-electron chi connectivity index (χ0n) is 11.9. The van der Waals surface area contributed by atoms with E-state index in [2.05, 4.69) is 47.6 Å². The first-order valence-corrected chi connectivity index (χ1v) is 7.11. The maximum Gasteiger partial charge on any atom is 0.0570 e. The molecule has 3 nitrogen and oxygen atoms in total. The van der Waals surface area contributed by atoms with E-state index >= 15 is 0 Å². The van der Waals surface area contributed by atoms with Crippen LogP contribution in [0, 0.1) is 6.92 Å². The first-order chi connectivity index (χ1) is 9.81. The van der Waals surface area contributed by atoms with Gasteiger partial charge in [0.1, 0.15) is 0 Å². The monoisotopic (exact) mass is 270 g/mol. The molecule has 0 fully saturated rings. The molecular weight excluding hydrogens is 248 g/mol. The van der Waals surface area contributed by atoms with E-state index in [-0.39, 0.29) is 12.6 Å². The summed E-state index contributed by atoms with van der Waals surface area (Å²) in [7, 11) is 0. The minimum absolute atomic E-state index is 0.230. The first-order valence-electron chi connectivity index (χ1n) is 7.11. The number of aliphatic hydroxyl groups is 1. The highest BCUT2D eigenvalue weighted by Crippen LogP contribution is 2.19. The maximum absolute atomic E-state index is 9.05. The summed E-state index contributed by atoms with van der Waals surface area (Å²) in [6, 6.07) is 14.7. The molecule has 1 aromatic carbocycles. The van der Waals surface area contributed by atoms with Crippen molar-refractivity contribution in [2.45, 2.75) is 32.4 Å². The number of aryl methyl sites for hydroxylation is 1. The van der Waals surface area contributed by atoms with Gasteiger partial charge in [0, 0.05) is 25.4 Å². The van der Waals surface area contributed by atoms with Gasteiger partial charge in [-0.05, 0) is 37.0 Å². The number of nitrogens with one attached hydrogen (secondary N) is 1. The van der Waals surface area contributed by atoms with Gasteiger partial charge in [0.25, 0.3) is 0 Å². The molecule has 0 aliphatic carbocycles. The lowest BCUT2D eigenvalue weighted by Crippen LogP contribution is -2.22. The van der Waals surface area contributed by atoms with Crippen LogP contribution in [0.1, 0.15) is 35.7 Å². The molecule has 0 amide bonds. The van der Waals surface area contributed by atoms with Gasteiger partial charge in [0.15, 0.2) is 0 Å². The molecule has 0 bridgehead atoms. The summed E-state index contributed by atoms with van der Waals surface area (Å²) in [6.45, 7) is 3.06. The molecule has 20 heavy (non-hydrogen) atoms. The van der Waals surface area contributed by atoms with E-state index in [1.807, 2.05) is 18.3 Å². The van der Waals surface area contributed by atoms with Gasteiger partial charge in [-0.2, -0.15) is 0 Å². The third-order valence-corrected chi connectivity index (χ3v) is 3.49. The van der Waals surface area contributed by atoms with Crippen LogP contribution in [-0.4, -0.2) is 16.7 Å². The molecule has 3 heteroatoms. The van der Waals surface area contributed by atoms with Gasteiger partial charge in [0.2, 0.25) is 0 Å². The zero-order valence-corrected chi connectivity index (χ0v) is 11.9. The number of hydrogen-bond acceptors (Lipinski definition) is 3. The van der Waals surface area contributed by atoms with Crippen LogP contribution in [0.25, 0.3) is 0 Å². The van der Waals surface area contributed by atoms with Crippen LogP contribution >= 0.6 is 0 Å². The first kappa shape index (κ1) is 14.7. The summed E-state index contributed by atoms with van der Waals surface area (Å²) in [6.07, 6.45) is 3.55. The molecule has 0 aliphatic rings. The summed E-state index contributed by atoms with van der Waals surface area (Å²) in [5.74, 6) is 0. The summed E-state index contributed by atoms with van der Waals surface area (Å²) < 4.78 is 0. The smallest absolute Gasteiger partial charge is 0.0570 e. The number of nitrogens with zero attached hydrogens (tertiary/aromatic N) is 1. The second kappa shape index (κ2) is 7.78. The Balaban J connectivity index is 2.03. The molecule has 2 rings (SSSR count). The molecule has 1 aromatic heterocycles.